The van der Waals surface area contributed by atoms with E-state index in [1.165, 1.54) is 77.0 Å². The number of carbonyl (C=O) groups is 4. The van der Waals surface area contributed by atoms with Crippen molar-refractivity contribution in [2.75, 3.05) is 39.6 Å². The van der Waals surface area contributed by atoms with Crippen LogP contribution in [0.3, 0.4) is 0 Å². The minimum atomic E-state index is -4.98. The molecule has 0 aromatic rings. The van der Waals surface area contributed by atoms with E-state index >= 15 is 0 Å². The summed E-state index contributed by atoms with van der Waals surface area (Å²) >= 11 is 0. The number of phosphoric acid groups is 2. The predicted octanol–water partition coefficient (Wildman–Crippen LogP) is 22.2. The monoisotopic (exact) mass is 1420 g/mol. The van der Waals surface area contributed by atoms with E-state index in [0.717, 1.165) is 180 Å². The van der Waals surface area contributed by atoms with Crippen LogP contribution in [0.2, 0.25) is 0 Å². The van der Waals surface area contributed by atoms with Crippen LogP contribution >= 0.6 is 15.6 Å². The van der Waals surface area contributed by atoms with Crippen molar-refractivity contribution < 1.29 is 80.2 Å². The second kappa shape index (κ2) is 71.6. The predicted molar refractivity (Wildman–Crippen MR) is 399 cm³/mol. The highest BCUT2D eigenvalue weighted by Gasteiger charge is 2.30. The summed E-state index contributed by atoms with van der Waals surface area (Å²) in [5.41, 5.74) is 0. The molecule has 0 saturated carbocycles. The number of aliphatic hydroxyl groups excluding tert-OH is 1. The highest BCUT2D eigenvalue weighted by atomic mass is 31.2. The van der Waals surface area contributed by atoms with Gasteiger partial charge in [-0.2, -0.15) is 0 Å². The topological polar surface area (TPSA) is 237 Å². The summed E-state index contributed by atoms with van der Waals surface area (Å²) in [6.07, 6.45) is 72.8. The molecular weight excluding hydrogens is 1280 g/mol. The number of phosphoric ester groups is 2. The lowest BCUT2D eigenvalue weighted by atomic mass is 10.1. The van der Waals surface area contributed by atoms with Crippen molar-refractivity contribution in [1.29, 1.82) is 0 Å². The summed E-state index contributed by atoms with van der Waals surface area (Å²) in [5, 5.41) is 10.6. The van der Waals surface area contributed by atoms with E-state index in [1.807, 2.05) is 0 Å². The Labute approximate surface area is 595 Å². The average molecular weight is 1420 g/mol. The van der Waals surface area contributed by atoms with Crippen LogP contribution in [-0.2, 0) is 65.4 Å². The minimum absolute atomic E-state index is 0.0783. The van der Waals surface area contributed by atoms with Crippen molar-refractivity contribution in [2.24, 2.45) is 0 Å². The zero-order valence-corrected chi connectivity index (χ0v) is 63.7. The normalized spacial score (nSPS) is 14.4. The molecule has 0 aliphatic rings. The second-order valence-electron chi connectivity index (χ2n) is 25.9. The summed E-state index contributed by atoms with van der Waals surface area (Å²) in [6, 6.07) is 0. The van der Waals surface area contributed by atoms with Crippen LogP contribution < -0.4 is 0 Å². The van der Waals surface area contributed by atoms with Crippen molar-refractivity contribution in [3.05, 3.63) is 85.1 Å². The molecule has 0 radical (unpaired) electrons. The SMILES string of the molecule is CC/C=C\C/C=C\C/C=C\CCCCCCCC(=O)OCC(COP(=O)(O)OCC(O)COP(=O)(O)OCC(COC(=O)CCCCCCC/C=C\CCCCCCCC)OC(=O)CCCCCCC/C=C\C/C=C\CCC)OC(=O)CCCCCCC/C=C\CCCCCCCC. The molecule has 98 heavy (non-hydrogen) atoms. The van der Waals surface area contributed by atoms with Gasteiger partial charge in [0.25, 0.3) is 0 Å². The molecule has 17 nitrogen and oxygen atoms in total. The molecule has 0 bridgehead atoms. The van der Waals surface area contributed by atoms with Crippen LogP contribution in [0.15, 0.2) is 85.1 Å². The molecule has 0 fully saturated rings. The zero-order chi connectivity index (χ0) is 71.8. The zero-order valence-electron chi connectivity index (χ0n) is 62.0. The Morgan fingerprint density at radius 3 is 0.867 bits per heavy atom. The second-order valence-corrected chi connectivity index (χ2v) is 28.8. The molecular formula is C79H140O17P2. The smallest absolute Gasteiger partial charge is 0.462 e. The van der Waals surface area contributed by atoms with Crippen LogP contribution in [0.5, 0.6) is 0 Å². The Kier molecular flexibility index (Phi) is 68.9. The standard InChI is InChI=1S/C79H140O17P2/c1-5-9-13-17-21-25-29-33-36-40-43-47-51-55-59-63-76(81)89-69-74(95-78(83)65-61-57-53-49-45-39-32-28-24-20-16-12-8-4)71-93-97(85,86)91-67-73(80)68-92-98(87,88)94-72-75(96-79(84)66-62-58-54-50-46-42-38-35-31-27-23-19-15-11-7-3)70-90-77(82)64-60-56-52-48-44-41-37-34-30-26-22-18-14-10-6-2/h10,14,16,20,22,26,28,32-38,73-75,80H,5-9,11-13,15,17-19,21,23-25,27,29-31,39-72H2,1-4H3,(H,85,86)(H,87,88)/b14-10-,20-16-,26-22-,32-28-,36-33-,37-34-,38-35-. The van der Waals surface area contributed by atoms with E-state index in [2.05, 4.69) is 113 Å². The van der Waals surface area contributed by atoms with Gasteiger partial charge >= 0.3 is 39.5 Å². The van der Waals surface area contributed by atoms with Gasteiger partial charge in [-0.1, -0.05) is 260 Å². The number of hydrogen-bond acceptors (Lipinski definition) is 15. The van der Waals surface area contributed by atoms with Crippen LogP contribution in [-0.4, -0.2) is 96.7 Å². The van der Waals surface area contributed by atoms with E-state index in [-0.39, 0.29) is 25.7 Å². The molecule has 3 N–H and O–H groups in total. The van der Waals surface area contributed by atoms with Gasteiger partial charge in [-0.25, -0.2) is 9.13 Å². The van der Waals surface area contributed by atoms with Gasteiger partial charge in [0.1, 0.15) is 19.3 Å². The van der Waals surface area contributed by atoms with Crippen molar-refractivity contribution >= 4 is 39.5 Å². The molecule has 0 aliphatic heterocycles. The number of hydrogen-bond donors (Lipinski definition) is 3. The minimum Gasteiger partial charge on any atom is -0.462 e. The van der Waals surface area contributed by atoms with E-state index in [4.69, 9.17) is 37.0 Å². The fourth-order valence-corrected chi connectivity index (χ4v) is 12.0. The van der Waals surface area contributed by atoms with Crippen LogP contribution in [0.1, 0.15) is 336 Å². The number of allylic oxidation sites excluding steroid dienone is 14. The first kappa shape index (κ1) is 94.2. The Hall–Kier alpha value is -3.76. The summed E-state index contributed by atoms with van der Waals surface area (Å²) in [4.78, 5) is 72.9. The van der Waals surface area contributed by atoms with Crippen molar-refractivity contribution in [3.8, 4) is 0 Å². The number of esters is 4. The Morgan fingerprint density at radius 1 is 0.296 bits per heavy atom. The highest BCUT2D eigenvalue weighted by Crippen LogP contribution is 2.45. The Morgan fingerprint density at radius 2 is 0.551 bits per heavy atom. The average Bonchev–Trinajstić information content (AvgIpc) is 1.04. The fraction of sp³-hybridized carbons (Fsp3) is 0.772. The third-order valence-electron chi connectivity index (χ3n) is 16.3. The van der Waals surface area contributed by atoms with Gasteiger partial charge in [0.15, 0.2) is 12.2 Å². The molecule has 0 heterocycles. The van der Waals surface area contributed by atoms with Crippen molar-refractivity contribution in [3.63, 3.8) is 0 Å². The number of unbranched alkanes of at least 4 members (excludes halogenated alkanes) is 33. The first-order valence-corrected chi connectivity index (χ1v) is 41.8. The molecule has 0 rings (SSSR count). The largest absolute Gasteiger partial charge is 0.472 e. The lowest BCUT2D eigenvalue weighted by molar-refractivity contribution is -0.161. The van der Waals surface area contributed by atoms with Gasteiger partial charge in [0.2, 0.25) is 0 Å². The summed E-state index contributed by atoms with van der Waals surface area (Å²) in [5.74, 6) is -2.21. The molecule has 19 heteroatoms. The molecule has 568 valence electrons. The Bertz CT molecular complexity index is 2190. The van der Waals surface area contributed by atoms with E-state index in [1.54, 1.807) is 0 Å². The summed E-state index contributed by atoms with van der Waals surface area (Å²) in [7, 11) is -9.95. The third kappa shape index (κ3) is 70.7. The first-order chi connectivity index (χ1) is 47.7. The van der Waals surface area contributed by atoms with E-state index in [0.29, 0.717) is 25.7 Å². The molecule has 5 unspecified atom stereocenters. The maximum atomic E-state index is 13.1. The maximum absolute atomic E-state index is 13.1. The lowest BCUT2D eigenvalue weighted by Gasteiger charge is -2.21. The van der Waals surface area contributed by atoms with Crippen LogP contribution in [0, 0.1) is 0 Å². The quantitative estimate of drug-likeness (QED) is 0.0169. The number of ether oxygens (including phenoxy) is 4. The van der Waals surface area contributed by atoms with Crippen molar-refractivity contribution in [1.82, 2.24) is 0 Å². The van der Waals surface area contributed by atoms with Gasteiger partial charge in [0.05, 0.1) is 26.4 Å². The fourth-order valence-electron chi connectivity index (χ4n) is 10.4. The van der Waals surface area contributed by atoms with Gasteiger partial charge in [0, 0.05) is 25.7 Å². The van der Waals surface area contributed by atoms with E-state index < -0.39 is 97.5 Å². The number of aliphatic hydroxyl groups is 1. The maximum Gasteiger partial charge on any atom is 0.472 e. The summed E-state index contributed by atoms with van der Waals surface area (Å²) < 4.78 is 68.5. The third-order valence-corrected chi connectivity index (χ3v) is 18.2. The van der Waals surface area contributed by atoms with Gasteiger partial charge in [-0.15, -0.1) is 0 Å². The number of carbonyl (C=O) groups excluding carboxylic acids is 4. The van der Waals surface area contributed by atoms with Gasteiger partial charge in [-0.05, 0) is 135 Å². The first-order valence-electron chi connectivity index (χ1n) is 38.8. The van der Waals surface area contributed by atoms with Gasteiger partial charge < -0.3 is 33.8 Å². The Balaban J connectivity index is 5.36. The summed E-state index contributed by atoms with van der Waals surface area (Å²) in [6.45, 7) is 4.67. The molecule has 5 atom stereocenters. The van der Waals surface area contributed by atoms with Crippen molar-refractivity contribution in [2.45, 2.75) is 354 Å². The molecule has 0 aliphatic carbocycles. The van der Waals surface area contributed by atoms with Crippen LogP contribution in [0.4, 0.5) is 0 Å². The molecule has 0 saturated heterocycles. The lowest BCUT2D eigenvalue weighted by Crippen LogP contribution is -2.30. The van der Waals surface area contributed by atoms with E-state index in [9.17, 15) is 43.2 Å². The van der Waals surface area contributed by atoms with Crippen LogP contribution in [0.25, 0.3) is 0 Å². The molecule has 0 spiro atoms. The van der Waals surface area contributed by atoms with Gasteiger partial charge in [-0.3, -0.25) is 37.3 Å². The number of rotatable bonds is 73. The highest BCUT2D eigenvalue weighted by molar-refractivity contribution is 7.47. The molecule has 0 aromatic heterocycles. The molecule has 0 aromatic carbocycles. The molecule has 0 amide bonds.